The second-order valence-corrected chi connectivity index (χ2v) is 4.77. The molecular formula is C15H19FN2. The number of benzene rings is 1. The summed E-state index contributed by atoms with van der Waals surface area (Å²) in [5, 5.41) is 4.27. The van der Waals surface area contributed by atoms with Gasteiger partial charge in [0.25, 0.3) is 0 Å². The minimum atomic E-state index is -0.243. The van der Waals surface area contributed by atoms with Crippen molar-refractivity contribution in [1.82, 2.24) is 4.98 Å². The number of nitrogens with one attached hydrogen (secondary N) is 1. The van der Waals surface area contributed by atoms with Crippen molar-refractivity contribution in [3.8, 4) is 0 Å². The molecule has 18 heavy (non-hydrogen) atoms. The Kier molecular flexibility index (Phi) is 3.50. The van der Waals surface area contributed by atoms with Gasteiger partial charge in [-0.15, -0.1) is 0 Å². The van der Waals surface area contributed by atoms with Gasteiger partial charge in [-0.3, -0.25) is 0 Å². The van der Waals surface area contributed by atoms with E-state index in [1.165, 1.54) is 6.07 Å². The average molecular weight is 246 g/mol. The van der Waals surface area contributed by atoms with Gasteiger partial charge in [0, 0.05) is 23.3 Å². The topological polar surface area (TPSA) is 24.9 Å². The Bertz CT molecular complexity index is 591. The first-order chi connectivity index (χ1) is 8.54. The number of fused-ring (bicyclic) bond motifs is 1. The van der Waals surface area contributed by atoms with Gasteiger partial charge < -0.3 is 5.32 Å². The normalized spacial score (nSPS) is 10.9. The highest BCUT2D eigenvalue weighted by atomic mass is 19.1. The molecule has 0 fully saturated rings. The predicted octanol–water partition coefficient (Wildman–Crippen LogP) is 4.12. The predicted molar refractivity (Wildman–Crippen MR) is 74.7 cm³/mol. The molecule has 1 N–H and O–H groups in total. The summed E-state index contributed by atoms with van der Waals surface area (Å²) in [5.41, 5.74) is 4.37. The molecule has 0 aliphatic carbocycles. The van der Waals surface area contributed by atoms with Crippen LogP contribution in [0.1, 0.15) is 30.2 Å². The van der Waals surface area contributed by atoms with Crippen molar-refractivity contribution in [1.29, 1.82) is 0 Å². The van der Waals surface area contributed by atoms with Crippen molar-refractivity contribution in [3.05, 3.63) is 34.8 Å². The Labute approximate surface area is 107 Å². The highest BCUT2D eigenvalue weighted by Gasteiger charge is 2.12. The van der Waals surface area contributed by atoms with Crippen LogP contribution in [0, 0.1) is 26.6 Å². The molecule has 2 aromatic rings. The van der Waals surface area contributed by atoms with Gasteiger partial charge >= 0.3 is 0 Å². The SMILES string of the molecule is CCCNc1c(C)c(C)nc2c(F)cc(C)cc12. The number of hydrogen-bond donors (Lipinski definition) is 1. The fraction of sp³-hybridized carbons (Fsp3) is 0.400. The van der Waals surface area contributed by atoms with Gasteiger partial charge in [0.2, 0.25) is 0 Å². The number of halogens is 1. The molecule has 0 aliphatic rings. The lowest BCUT2D eigenvalue weighted by Crippen LogP contribution is -2.05. The molecule has 0 aliphatic heterocycles. The zero-order valence-electron chi connectivity index (χ0n) is 11.4. The third-order valence-electron chi connectivity index (χ3n) is 3.23. The Balaban J connectivity index is 2.74. The van der Waals surface area contributed by atoms with Crippen LogP contribution < -0.4 is 5.32 Å². The molecule has 1 aromatic heterocycles. The van der Waals surface area contributed by atoms with E-state index < -0.39 is 0 Å². The standard InChI is InChI=1S/C15H19FN2/c1-5-6-17-14-10(3)11(4)18-15-12(14)7-9(2)8-13(15)16/h7-8H,5-6H2,1-4H3,(H,17,18). The van der Waals surface area contributed by atoms with E-state index in [1.807, 2.05) is 26.8 Å². The smallest absolute Gasteiger partial charge is 0.149 e. The molecule has 0 radical (unpaired) electrons. The summed E-state index contributed by atoms with van der Waals surface area (Å²) in [6.07, 6.45) is 1.04. The largest absolute Gasteiger partial charge is 0.384 e. The second-order valence-electron chi connectivity index (χ2n) is 4.77. The third kappa shape index (κ3) is 2.17. The maximum absolute atomic E-state index is 14.0. The fourth-order valence-electron chi connectivity index (χ4n) is 2.15. The molecular weight excluding hydrogens is 227 g/mol. The molecule has 0 unspecified atom stereocenters. The molecule has 2 rings (SSSR count). The first kappa shape index (κ1) is 12.8. The van der Waals surface area contributed by atoms with Gasteiger partial charge in [0.15, 0.2) is 0 Å². The van der Waals surface area contributed by atoms with Crippen LogP contribution in [-0.2, 0) is 0 Å². The van der Waals surface area contributed by atoms with Crippen LogP contribution in [0.5, 0.6) is 0 Å². The van der Waals surface area contributed by atoms with E-state index in [1.54, 1.807) is 0 Å². The number of nitrogens with zero attached hydrogens (tertiary/aromatic N) is 1. The van der Waals surface area contributed by atoms with Gasteiger partial charge in [-0.2, -0.15) is 0 Å². The van der Waals surface area contributed by atoms with Crippen molar-refractivity contribution >= 4 is 16.6 Å². The molecule has 96 valence electrons. The van der Waals surface area contributed by atoms with Crippen molar-refractivity contribution in [2.75, 3.05) is 11.9 Å². The van der Waals surface area contributed by atoms with Crippen molar-refractivity contribution < 1.29 is 4.39 Å². The van der Waals surface area contributed by atoms with Crippen LogP contribution in [-0.4, -0.2) is 11.5 Å². The second kappa shape index (κ2) is 4.92. The zero-order valence-corrected chi connectivity index (χ0v) is 11.4. The molecule has 1 heterocycles. The van der Waals surface area contributed by atoms with Crippen molar-refractivity contribution in [3.63, 3.8) is 0 Å². The highest BCUT2D eigenvalue weighted by Crippen LogP contribution is 2.30. The van der Waals surface area contributed by atoms with E-state index in [0.29, 0.717) is 5.52 Å². The summed E-state index contributed by atoms with van der Waals surface area (Å²) < 4.78 is 14.0. The van der Waals surface area contributed by atoms with E-state index in [2.05, 4.69) is 17.2 Å². The van der Waals surface area contributed by atoms with Crippen LogP contribution >= 0.6 is 0 Å². The lowest BCUT2D eigenvalue weighted by Gasteiger charge is -2.15. The quantitative estimate of drug-likeness (QED) is 0.881. The lowest BCUT2D eigenvalue weighted by molar-refractivity contribution is 0.635. The number of anilines is 1. The third-order valence-corrected chi connectivity index (χ3v) is 3.23. The molecule has 0 atom stereocenters. The zero-order chi connectivity index (χ0) is 13.3. The van der Waals surface area contributed by atoms with Gasteiger partial charge in [0.05, 0.1) is 0 Å². The first-order valence-electron chi connectivity index (χ1n) is 6.35. The van der Waals surface area contributed by atoms with Gasteiger partial charge in [-0.1, -0.05) is 6.92 Å². The summed E-state index contributed by atoms with van der Waals surface area (Å²) in [7, 11) is 0. The van der Waals surface area contributed by atoms with Crippen LogP contribution in [0.4, 0.5) is 10.1 Å². The molecule has 2 nitrogen and oxygen atoms in total. The van der Waals surface area contributed by atoms with E-state index in [9.17, 15) is 4.39 Å². The Hall–Kier alpha value is -1.64. The maximum atomic E-state index is 14.0. The molecule has 0 bridgehead atoms. The number of rotatable bonds is 3. The minimum absolute atomic E-state index is 0.243. The van der Waals surface area contributed by atoms with Crippen LogP contribution in [0.2, 0.25) is 0 Å². The van der Waals surface area contributed by atoms with E-state index in [4.69, 9.17) is 0 Å². The molecule has 0 saturated carbocycles. The summed E-state index contributed by atoms with van der Waals surface area (Å²) in [6, 6.07) is 3.53. The number of hydrogen-bond acceptors (Lipinski definition) is 2. The summed E-state index contributed by atoms with van der Waals surface area (Å²) in [4.78, 5) is 4.37. The summed E-state index contributed by atoms with van der Waals surface area (Å²) in [6.45, 7) is 8.85. The highest BCUT2D eigenvalue weighted by molar-refractivity contribution is 5.94. The summed E-state index contributed by atoms with van der Waals surface area (Å²) >= 11 is 0. The summed E-state index contributed by atoms with van der Waals surface area (Å²) in [5.74, 6) is -0.243. The van der Waals surface area contributed by atoms with Gasteiger partial charge in [-0.25, -0.2) is 9.37 Å². The Morgan fingerprint density at radius 2 is 1.94 bits per heavy atom. The van der Waals surface area contributed by atoms with E-state index in [-0.39, 0.29) is 5.82 Å². The Morgan fingerprint density at radius 3 is 2.61 bits per heavy atom. The van der Waals surface area contributed by atoms with Gasteiger partial charge in [-0.05, 0) is 50.5 Å². The molecule has 0 saturated heterocycles. The lowest BCUT2D eigenvalue weighted by atomic mass is 10.0. The fourth-order valence-corrected chi connectivity index (χ4v) is 2.15. The average Bonchev–Trinajstić information content (AvgIpc) is 2.31. The van der Waals surface area contributed by atoms with Crippen LogP contribution in [0.15, 0.2) is 12.1 Å². The minimum Gasteiger partial charge on any atom is -0.384 e. The molecule has 0 spiro atoms. The molecule has 3 heteroatoms. The monoisotopic (exact) mass is 246 g/mol. The Morgan fingerprint density at radius 1 is 1.22 bits per heavy atom. The van der Waals surface area contributed by atoms with Gasteiger partial charge in [0.1, 0.15) is 11.3 Å². The number of pyridine rings is 1. The van der Waals surface area contributed by atoms with Crippen LogP contribution in [0.3, 0.4) is 0 Å². The van der Waals surface area contributed by atoms with Crippen molar-refractivity contribution in [2.24, 2.45) is 0 Å². The van der Waals surface area contributed by atoms with E-state index >= 15 is 0 Å². The van der Waals surface area contributed by atoms with Crippen molar-refractivity contribution in [2.45, 2.75) is 34.1 Å². The van der Waals surface area contributed by atoms with E-state index in [0.717, 1.165) is 40.9 Å². The first-order valence-corrected chi connectivity index (χ1v) is 6.35. The number of aromatic nitrogens is 1. The maximum Gasteiger partial charge on any atom is 0.149 e. The molecule has 0 amide bonds. The van der Waals surface area contributed by atoms with Crippen LogP contribution in [0.25, 0.3) is 10.9 Å². The molecule has 1 aromatic carbocycles. The number of aryl methyl sites for hydroxylation is 2.